The molecular formula is C18H29N3O4. The van der Waals surface area contributed by atoms with Crippen LogP contribution in [-0.2, 0) is 20.8 Å². The fourth-order valence-electron chi connectivity index (χ4n) is 3.82. The van der Waals surface area contributed by atoms with Crippen molar-refractivity contribution in [2.45, 2.75) is 50.9 Å². The zero-order valence-electron chi connectivity index (χ0n) is 15.3. The number of aromatic nitrogens is 2. The first-order valence-corrected chi connectivity index (χ1v) is 9.23. The van der Waals surface area contributed by atoms with Gasteiger partial charge in [0.15, 0.2) is 0 Å². The van der Waals surface area contributed by atoms with E-state index in [2.05, 4.69) is 5.10 Å². The first kappa shape index (κ1) is 18.4. The molecule has 3 heterocycles. The topological polar surface area (TPSA) is 65.8 Å². The van der Waals surface area contributed by atoms with Crippen LogP contribution in [0.15, 0.2) is 12.3 Å². The van der Waals surface area contributed by atoms with Gasteiger partial charge in [-0.25, -0.2) is 0 Å². The van der Waals surface area contributed by atoms with Crippen molar-refractivity contribution in [3.05, 3.63) is 18.0 Å². The SMILES string of the molecule is CCn1nccc1C(=O)N1CCC2(CC1)CC(OCCOC)CCO2. The lowest BCUT2D eigenvalue weighted by atomic mass is 9.83. The second-order valence-corrected chi connectivity index (χ2v) is 6.83. The Labute approximate surface area is 149 Å². The Balaban J connectivity index is 1.54. The lowest BCUT2D eigenvalue weighted by Gasteiger charge is -2.46. The molecule has 0 bridgehead atoms. The monoisotopic (exact) mass is 351 g/mol. The lowest BCUT2D eigenvalue weighted by Crippen LogP contribution is -2.52. The molecule has 1 atom stereocenters. The normalized spacial score (nSPS) is 23.1. The van der Waals surface area contributed by atoms with Gasteiger partial charge in [-0.2, -0.15) is 5.10 Å². The number of amides is 1. The van der Waals surface area contributed by atoms with E-state index in [0.717, 1.165) is 45.4 Å². The summed E-state index contributed by atoms with van der Waals surface area (Å²) in [6, 6.07) is 1.80. The third kappa shape index (κ3) is 4.22. The van der Waals surface area contributed by atoms with Gasteiger partial charge in [0.2, 0.25) is 0 Å². The van der Waals surface area contributed by atoms with Crippen LogP contribution in [0.25, 0.3) is 0 Å². The van der Waals surface area contributed by atoms with E-state index >= 15 is 0 Å². The second kappa shape index (κ2) is 8.29. The summed E-state index contributed by atoms with van der Waals surface area (Å²) in [5, 5.41) is 4.20. The van der Waals surface area contributed by atoms with E-state index in [4.69, 9.17) is 14.2 Å². The Morgan fingerprint density at radius 3 is 2.92 bits per heavy atom. The summed E-state index contributed by atoms with van der Waals surface area (Å²) in [4.78, 5) is 14.7. The van der Waals surface area contributed by atoms with Crippen molar-refractivity contribution >= 4 is 5.91 Å². The predicted octanol–water partition coefficient (Wildman–Crippen LogP) is 1.72. The molecule has 25 heavy (non-hydrogen) atoms. The molecule has 1 amide bonds. The molecule has 1 unspecified atom stereocenters. The number of rotatable bonds is 6. The van der Waals surface area contributed by atoms with Crippen LogP contribution in [-0.4, -0.2) is 72.3 Å². The number of hydrogen-bond acceptors (Lipinski definition) is 5. The molecule has 7 nitrogen and oxygen atoms in total. The molecule has 3 rings (SSSR count). The molecule has 0 aliphatic carbocycles. The van der Waals surface area contributed by atoms with Gasteiger partial charge in [0.1, 0.15) is 5.69 Å². The number of aryl methyl sites for hydroxylation is 1. The highest BCUT2D eigenvalue weighted by molar-refractivity contribution is 5.92. The third-order valence-electron chi connectivity index (χ3n) is 5.29. The Morgan fingerprint density at radius 1 is 1.40 bits per heavy atom. The van der Waals surface area contributed by atoms with Crippen LogP contribution in [0.5, 0.6) is 0 Å². The van der Waals surface area contributed by atoms with Gasteiger partial charge in [0, 0.05) is 46.0 Å². The molecule has 2 fully saturated rings. The van der Waals surface area contributed by atoms with Crippen molar-refractivity contribution in [1.29, 1.82) is 0 Å². The fraction of sp³-hybridized carbons (Fsp3) is 0.778. The first-order valence-electron chi connectivity index (χ1n) is 9.23. The second-order valence-electron chi connectivity index (χ2n) is 6.83. The van der Waals surface area contributed by atoms with Crippen molar-refractivity contribution in [3.63, 3.8) is 0 Å². The van der Waals surface area contributed by atoms with Crippen LogP contribution in [0.1, 0.15) is 43.1 Å². The Morgan fingerprint density at radius 2 is 2.20 bits per heavy atom. The van der Waals surface area contributed by atoms with Gasteiger partial charge in [0.05, 0.1) is 24.9 Å². The van der Waals surface area contributed by atoms with Gasteiger partial charge < -0.3 is 19.1 Å². The highest BCUT2D eigenvalue weighted by Crippen LogP contribution is 2.36. The van der Waals surface area contributed by atoms with Crippen LogP contribution in [0.2, 0.25) is 0 Å². The van der Waals surface area contributed by atoms with Crippen molar-refractivity contribution in [2.75, 3.05) is 40.0 Å². The van der Waals surface area contributed by atoms with E-state index in [1.54, 1.807) is 24.1 Å². The van der Waals surface area contributed by atoms with Crippen LogP contribution in [0.3, 0.4) is 0 Å². The first-order chi connectivity index (χ1) is 12.2. The number of piperidine rings is 1. The molecule has 0 saturated carbocycles. The van der Waals surface area contributed by atoms with Crippen molar-refractivity contribution in [1.82, 2.24) is 14.7 Å². The fourth-order valence-corrected chi connectivity index (χ4v) is 3.82. The maximum atomic E-state index is 12.7. The number of carbonyl (C=O) groups excluding carboxylic acids is 1. The third-order valence-corrected chi connectivity index (χ3v) is 5.29. The van der Waals surface area contributed by atoms with E-state index < -0.39 is 0 Å². The summed E-state index contributed by atoms with van der Waals surface area (Å²) in [6.45, 7) is 6.12. The summed E-state index contributed by atoms with van der Waals surface area (Å²) in [5.41, 5.74) is 0.529. The molecule has 1 aromatic rings. The molecular weight excluding hydrogens is 322 g/mol. The number of methoxy groups -OCH3 is 1. The highest BCUT2D eigenvalue weighted by atomic mass is 16.5. The van der Waals surface area contributed by atoms with Crippen LogP contribution < -0.4 is 0 Å². The summed E-state index contributed by atoms with van der Waals surface area (Å²) >= 11 is 0. The van der Waals surface area contributed by atoms with E-state index in [1.807, 2.05) is 11.8 Å². The quantitative estimate of drug-likeness (QED) is 0.730. The Kier molecular flexibility index (Phi) is 6.09. The zero-order chi connectivity index (χ0) is 17.7. The molecule has 0 aromatic carbocycles. The van der Waals surface area contributed by atoms with Gasteiger partial charge in [-0.3, -0.25) is 9.48 Å². The number of likely N-dealkylation sites (tertiary alicyclic amines) is 1. The average Bonchev–Trinajstić information content (AvgIpc) is 3.11. The molecule has 7 heteroatoms. The van der Waals surface area contributed by atoms with Crippen LogP contribution >= 0.6 is 0 Å². The highest BCUT2D eigenvalue weighted by Gasteiger charge is 2.41. The molecule has 2 aliphatic heterocycles. The molecule has 1 spiro atoms. The smallest absolute Gasteiger partial charge is 0.272 e. The summed E-state index contributed by atoms with van der Waals surface area (Å²) < 4.78 is 18.9. The van der Waals surface area contributed by atoms with Crippen LogP contribution in [0, 0.1) is 0 Å². The van der Waals surface area contributed by atoms with Crippen molar-refractivity contribution < 1.29 is 19.0 Å². The summed E-state index contributed by atoms with van der Waals surface area (Å²) in [6.07, 6.45) is 5.49. The Hall–Kier alpha value is -1.44. The van der Waals surface area contributed by atoms with Gasteiger partial charge in [-0.15, -0.1) is 0 Å². The van der Waals surface area contributed by atoms with E-state index in [9.17, 15) is 4.79 Å². The summed E-state index contributed by atoms with van der Waals surface area (Å²) in [7, 11) is 1.69. The van der Waals surface area contributed by atoms with Crippen molar-refractivity contribution in [3.8, 4) is 0 Å². The van der Waals surface area contributed by atoms with Crippen molar-refractivity contribution in [2.24, 2.45) is 0 Å². The summed E-state index contributed by atoms with van der Waals surface area (Å²) in [5.74, 6) is 0.0675. The molecule has 0 N–H and O–H groups in total. The molecule has 2 saturated heterocycles. The molecule has 1 aromatic heterocycles. The van der Waals surface area contributed by atoms with Gasteiger partial charge >= 0.3 is 0 Å². The van der Waals surface area contributed by atoms with Crippen LogP contribution in [0.4, 0.5) is 0 Å². The number of nitrogens with zero attached hydrogens (tertiary/aromatic N) is 3. The lowest BCUT2D eigenvalue weighted by molar-refractivity contribution is -0.154. The van der Waals surface area contributed by atoms with Gasteiger partial charge in [-0.05, 0) is 32.3 Å². The van der Waals surface area contributed by atoms with E-state index in [-0.39, 0.29) is 17.6 Å². The predicted molar refractivity (Wildman–Crippen MR) is 92.6 cm³/mol. The number of hydrogen-bond donors (Lipinski definition) is 0. The molecule has 140 valence electrons. The molecule has 2 aliphatic rings. The largest absolute Gasteiger partial charge is 0.382 e. The van der Waals surface area contributed by atoms with Gasteiger partial charge in [0.25, 0.3) is 5.91 Å². The van der Waals surface area contributed by atoms with E-state index in [0.29, 0.717) is 25.5 Å². The maximum Gasteiger partial charge on any atom is 0.272 e. The maximum absolute atomic E-state index is 12.7. The Bertz CT molecular complexity index is 566. The standard InChI is InChI=1S/C18H29N3O4/c1-3-21-16(4-8-19-21)17(22)20-9-6-18(7-10-20)14-15(5-11-25-18)24-13-12-23-2/h4,8,15H,3,5-7,9-14H2,1-2H3. The zero-order valence-corrected chi connectivity index (χ0v) is 15.3. The van der Waals surface area contributed by atoms with E-state index in [1.165, 1.54) is 0 Å². The minimum atomic E-state index is -0.141. The minimum absolute atomic E-state index is 0.0675. The molecule has 0 radical (unpaired) electrons. The number of carbonyl (C=O) groups is 1. The van der Waals surface area contributed by atoms with Gasteiger partial charge in [-0.1, -0.05) is 0 Å². The number of ether oxygens (including phenoxy) is 3. The minimum Gasteiger partial charge on any atom is -0.382 e. The average molecular weight is 351 g/mol.